The minimum atomic E-state index is 0.193. The van der Waals surface area contributed by atoms with Crippen molar-refractivity contribution in [2.45, 2.75) is 56.4 Å². The van der Waals surface area contributed by atoms with Crippen molar-refractivity contribution < 1.29 is 9.47 Å². The van der Waals surface area contributed by atoms with Crippen molar-refractivity contribution in [3.8, 4) is 11.5 Å². The summed E-state index contributed by atoms with van der Waals surface area (Å²) in [6, 6.07) is 7.91. The van der Waals surface area contributed by atoms with Crippen LogP contribution in [0.3, 0.4) is 0 Å². The summed E-state index contributed by atoms with van der Waals surface area (Å²) in [5.41, 5.74) is 0.193. The maximum absolute atomic E-state index is 6.58. The van der Waals surface area contributed by atoms with Crippen molar-refractivity contribution in [1.29, 1.82) is 0 Å². The van der Waals surface area contributed by atoms with Crippen LogP contribution in [-0.2, 0) is 0 Å². The summed E-state index contributed by atoms with van der Waals surface area (Å²) in [6.07, 6.45) is 8.88. The molecular weight excluding hydrogens is 272 g/mol. The van der Waals surface area contributed by atoms with E-state index < -0.39 is 0 Å². The van der Waals surface area contributed by atoms with Crippen LogP contribution < -0.4 is 9.47 Å². The Kier molecular flexibility index (Phi) is 4.11. The molecule has 0 bridgehead atoms. The molecular formula is C17H23ClO2. The first-order valence-corrected chi connectivity index (χ1v) is 8.14. The Bertz CT molecular complexity index is 452. The second-order valence-corrected chi connectivity index (χ2v) is 6.63. The van der Waals surface area contributed by atoms with Gasteiger partial charge in [-0.25, -0.2) is 0 Å². The Morgan fingerprint density at radius 1 is 1.05 bits per heavy atom. The number of para-hydroxylation sites is 2. The van der Waals surface area contributed by atoms with E-state index in [2.05, 4.69) is 0 Å². The van der Waals surface area contributed by atoms with E-state index in [0.717, 1.165) is 17.9 Å². The largest absolute Gasteiger partial charge is 0.493 e. The van der Waals surface area contributed by atoms with E-state index in [9.17, 15) is 0 Å². The fourth-order valence-corrected chi connectivity index (χ4v) is 4.28. The number of halogens is 1. The average molecular weight is 295 g/mol. The first-order chi connectivity index (χ1) is 9.76. The van der Waals surface area contributed by atoms with Crippen LogP contribution in [0.4, 0.5) is 0 Å². The van der Waals surface area contributed by atoms with Gasteiger partial charge in [-0.1, -0.05) is 37.8 Å². The molecule has 0 aliphatic heterocycles. The number of rotatable bonds is 3. The molecule has 2 aliphatic carbocycles. The van der Waals surface area contributed by atoms with Gasteiger partial charge in [-0.05, 0) is 25.0 Å². The SMILES string of the molecule is COc1ccccc1OC1CC(Cl)C12CCCCCC2. The summed E-state index contributed by atoms with van der Waals surface area (Å²) >= 11 is 6.58. The zero-order chi connectivity index (χ0) is 14.0. The number of alkyl halides is 1. The van der Waals surface area contributed by atoms with Crippen LogP contribution in [0.1, 0.15) is 44.9 Å². The fraction of sp³-hybridized carbons (Fsp3) is 0.647. The topological polar surface area (TPSA) is 18.5 Å². The minimum Gasteiger partial charge on any atom is -0.493 e. The Balaban J connectivity index is 1.77. The fourth-order valence-electron chi connectivity index (χ4n) is 3.76. The third-order valence-electron chi connectivity index (χ3n) is 5.06. The third kappa shape index (κ3) is 2.39. The Labute approximate surface area is 126 Å². The first kappa shape index (κ1) is 14.1. The van der Waals surface area contributed by atoms with Crippen molar-refractivity contribution in [1.82, 2.24) is 0 Å². The van der Waals surface area contributed by atoms with Gasteiger partial charge in [-0.2, -0.15) is 0 Å². The van der Waals surface area contributed by atoms with Gasteiger partial charge in [0.25, 0.3) is 0 Å². The van der Waals surface area contributed by atoms with Gasteiger partial charge < -0.3 is 9.47 Å². The van der Waals surface area contributed by atoms with E-state index in [1.165, 1.54) is 38.5 Å². The number of hydrogen-bond acceptors (Lipinski definition) is 2. The van der Waals surface area contributed by atoms with Gasteiger partial charge in [0.15, 0.2) is 11.5 Å². The minimum absolute atomic E-state index is 0.193. The molecule has 3 rings (SSSR count). The van der Waals surface area contributed by atoms with Crippen molar-refractivity contribution in [2.24, 2.45) is 5.41 Å². The van der Waals surface area contributed by atoms with Crippen LogP contribution in [0.15, 0.2) is 24.3 Å². The van der Waals surface area contributed by atoms with Crippen LogP contribution in [0.5, 0.6) is 11.5 Å². The molecule has 0 saturated heterocycles. The Morgan fingerprint density at radius 2 is 1.70 bits per heavy atom. The highest BCUT2D eigenvalue weighted by Gasteiger charge is 2.55. The predicted octanol–water partition coefficient (Wildman–Crippen LogP) is 4.79. The molecule has 0 amide bonds. The standard InChI is InChI=1S/C17H23ClO2/c1-19-13-8-4-5-9-14(13)20-16-12-15(18)17(16)10-6-2-3-7-11-17/h4-5,8-9,15-16H,2-3,6-7,10-12H2,1H3. The molecule has 0 radical (unpaired) electrons. The number of hydrogen-bond donors (Lipinski definition) is 0. The highest BCUT2D eigenvalue weighted by molar-refractivity contribution is 6.21. The molecule has 0 N–H and O–H groups in total. The molecule has 1 aromatic carbocycles. The van der Waals surface area contributed by atoms with Gasteiger partial charge in [0, 0.05) is 17.2 Å². The van der Waals surface area contributed by atoms with Crippen LogP contribution >= 0.6 is 11.6 Å². The van der Waals surface area contributed by atoms with Crippen LogP contribution in [0, 0.1) is 5.41 Å². The Morgan fingerprint density at radius 3 is 2.30 bits per heavy atom. The van der Waals surface area contributed by atoms with Gasteiger partial charge in [-0.15, -0.1) is 11.6 Å². The lowest BCUT2D eigenvalue weighted by molar-refractivity contribution is -0.0522. The summed E-state index contributed by atoms with van der Waals surface area (Å²) < 4.78 is 11.7. The maximum Gasteiger partial charge on any atom is 0.161 e. The molecule has 3 heteroatoms. The molecule has 1 aromatic rings. The maximum atomic E-state index is 6.58. The number of ether oxygens (including phenoxy) is 2. The number of benzene rings is 1. The van der Waals surface area contributed by atoms with E-state index in [1.807, 2.05) is 24.3 Å². The molecule has 0 aromatic heterocycles. The second kappa shape index (κ2) is 5.85. The van der Waals surface area contributed by atoms with Crippen LogP contribution in [-0.4, -0.2) is 18.6 Å². The summed E-state index contributed by atoms with van der Waals surface area (Å²) in [5.74, 6) is 1.67. The lowest BCUT2D eigenvalue weighted by atomic mass is 9.61. The smallest absolute Gasteiger partial charge is 0.161 e. The number of methoxy groups -OCH3 is 1. The lowest BCUT2D eigenvalue weighted by Crippen LogP contribution is -2.57. The van der Waals surface area contributed by atoms with Crippen molar-refractivity contribution >= 4 is 11.6 Å². The summed E-state index contributed by atoms with van der Waals surface area (Å²) in [4.78, 5) is 0. The first-order valence-electron chi connectivity index (χ1n) is 7.70. The van der Waals surface area contributed by atoms with Gasteiger partial charge in [0.1, 0.15) is 6.10 Å². The zero-order valence-electron chi connectivity index (χ0n) is 12.1. The zero-order valence-corrected chi connectivity index (χ0v) is 12.9. The molecule has 20 heavy (non-hydrogen) atoms. The molecule has 2 atom stereocenters. The van der Waals surface area contributed by atoms with Crippen molar-refractivity contribution in [2.75, 3.05) is 7.11 Å². The van der Waals surface area contributed by atoms with Gasteiger partial charge in [0.05, 0.1) is 7.11 Å². The van der Waals surface area contributed by atoms with E-state index in [-0.39, 0.29) is 16.9 Å². The normalized spacial score (nSPS) is 28.5. The molecule has 1 spiro atoms. The summed E-state index contributed by atoms with van der Waals surface area (Å²) in [6.45, 7) is 0. The molecule has 0 heterocycles. The Hall–Kier alpha value is -0.890. The van der Waals surface area contributed by atoms with Crippen LogP contribution in [0.25, 0.3) is 0 Å². The van der Waals surface area contributed by atoms with E-state index in [1.54, 1.807) is 7.11 Å². The molecule has 2 nitrogen and oxygen atoms in total. The van der Waals surface area contributed by atoms with Crippen molar-refractivity contribution in [3.05, 3.63) is 24.3 Å². The van der Waals surface area contributed by atoms with E-state index in [0.29, 0.717) is 0 Å². The van der Waals surface area contributed by atoms with Gasteiger partial charge in [-0.3, -0.25) is 0 Å². The molecule has 2 saturated carbocycles. The highest BCUT2D eigenvalue weighted by atomic mass is 35.5. The summed E-state index contributed by atoms with van der Waals surface area (Å²) in [7, 11) is 1.69. The molecule has 2 fully saturated rings. The summed E-state index contributed by atoms with van der Waals surface area (Å²) in [5, 5.41) is 0.278. The van der Waals surface area contributed by atoms with Gasteiger partial charge >= 0.3 is 0 Å². The monoisotopic (exact) mass is 294 g/mol. The molecule has 2 unspecified atom stereocenters. The quantitative estimate of drug-likeness (QED) is 0.746. The molecule has 2 aliphatic rings. The van der Waals surface area contributed by atoms with E-state index in [4.69, 9.17) is 21.1 Å². The van der Waals surface area contributed by atoms with Gasteiger partial charge in [0.2, 0.25) is 0 Å². The average Bonchev–Trinajstić information content (AvgIpc) is 2.75. The van der Waals surface area contributed by atoms with Crippen molar-refractivity contribution in [3.63, 3.8) is 0 Å². The van der Waals surface area contributed by atoms with Crippen LogP contribution in [0.2, 0.25) is 0 Å². The second-order valence-electron chi connectivity index (χ2n) is 6.11. The molecule has 110 valence electrons. The predicted molar refractivity (Wildman–Crippen MR) is 81.8 cm³/mol. The third-order valence-corrected chi connectivity index (χ3v) is 5.67. The van der Waals surface area contributed by atoms with E-state index >= 15 is 0 Å². The highest BCUT2D eigenvalue weighted by Crippen LogP contribution is 2.55. The lowest BCUT2D eigenvalue weighted by Gasteiger charge is -2.53.